The van der Waals surface area contributed by atoms with Crippen molar-refractivity contribution in [3.63, 3.8) is 0 Å². The highest BCUT2D eigenvalue weighted by molar-refractivity contribution is 5.51. The molecule has 0 aliphatic rings. The number of nitrogens with zero attached hydrogens (tertiary/aromatic N) is 5. The maximum absolute atomic E-state index is 9.17. The summed E-state index contributed by atoms with van der Waals surface area (Å²) in [6.45, 7) is 5.59. The molecular weight excluding hydrogens is 274 g/mol. The van der Waals surface area contributed by atoms with Crippen molar-refractivity contribution < 1.29 is 0 Å². The molecule has 2 aromatic rings. The summed E-state index contributed by atoms with van der Waals surface area (Å²) in [5.74, 6) is 0.685. The van der Waals surface area contributed by atoms with Crippen molar-refractivity contribution in [3.05, 3.63) is 53.0 Å². The Morgan fingerprint density at radius 2 is 1.55 bits per heavy atom. The molecule has 0 aliphatic carbocycles. The summed E-state index contributed by atoms with van der Waals surface area (Å²) >= 11 is 0. The molecule has 0 unspecified atom stereocenters. The first-order valence-electron chi connectivity index (χ1n) is 7.23. The molecule has 0 spiro atoms. The number of nitriles is 2. The summed E-state index contributed by atoms with van der Waals surface area (Å²) in [6.07, 6.45) is 0.583. The molecule has 0 amide bonds. The van der Waals surface area contributed by atoms with Crippen molar-refractivity contribution in [1.29, 1.82) is 10.5 Å². The van der Waals surface area contributed by atoms with Crippen LogP contribution in [-0.4, -0.2) is 23.1 Å². The Kier molecular flexibility index (Phi) is 5.06. The van der Waals surface area contributed by atoms with Crippen molar-refractivity contribution in [2.75, 3.05) is 18.0 Å². The number of anilines is 1. The van der Waals surface area contributed by atoms with Crippen LogP contribution in [0, 0.1) is 22.7 Å². The van der Waals surface area contributed by atoms with Gasteiger partial charge in [0.2, 0.25) is 0 Å². The quantitative estimate of drug-likeness (QED) is 0.846. The van der Waals surface area contributed by atoms with Gasteiger partial charge >= 0.3 is 0 Å². The minimum Gasteiger partial charge on any atom is -0.356 e. The van der Waals surface area contributed by atoms with E-state index >= 15 is 0 Å². The average molecular weight is 291 g/mol. The summed E-state index contributed by atoms with van der Waals surface area (Å²) in [7, 11) is 0. The van der Waals surface area contributed by atoms with Gasteiger partial charge in [-0.1, -0.05) is 30.3 Å². The van der Waals surface area contributed by atoms with E-state index < -0.39 is 0 Å². The second-order valence-corrected chi connectivity index (χ2v) is 4.75. The first-order chi connectivity index (χ1) is 10.7. The third kappa shape index (κ3) is 3.21. The zero-order valence-corrected chi connectivity index (χ0v) is 12.7. The molecule has 5 heteroatoms. The Morgan fingerprint density at radius 1 is 0.955 bits per heavy atom. The molecule has 0 radical (unpaired) electrons. The number of rotatable bonds is 5. The normalized spacial score (nSPS) is 9.82. The van der Waals surface area contributed by atoms with E-state index in [-0.39, 0.29) is 11.4 Å². The van der Waals surface area contributed by atoms with E-state index in [2.05, 4.69) is 9.97 Å². The van der Waals surface area contributed by atoms with Gasteiger partial charge in [0.25, 0.3) is 0 Å². The van der Waals surface area contributed by atoms with Gasteiger partial charge in [0.05, 0.1) is 5.69 Å². The topological polar surface area (TPSA) is 76.6 Å². The van der Waals surface area contributed by atoms with Crippen LogP contribution < -0.4 is 4.90 Å². The van der Waals surface area contributed by atoms with E-state index in [4.69, 9.17) is 10.5 Å². The van der Waals surface area contributed by atoms with Gasteiger partial charge in [-0.2, -0.15) is 10.5 Å². The number of hydrogen-bond acceptors (Lipinski definition) is 5. The van der Waals surface area contributed by atoms with Crippen LogP contribution in [-0.2, 0) is 6.42 Å². The summed E-state index contributed by atoms with van der Waals surface area (Å²) in [5.41, 5.74) is 2.00. The standard InChI is InChI=1S/C17H17N5/c1-3-22(4-2)17-14(10-13-8-6-5-7-9-13)20-15(11-18)16(12-19)21-17/h5-9H,3-4,10H2,1-2H3. The molecule has 0 fully saturated rings. The van der Waals surface area contributed by atoms with Crippen LogP contribution in [0.15, 0.2) is 30.3 Å². The van der Waals surface area contributed by atoms with Gasteiger partial charge in [0.1, 0.15) is 12.1 Å². The molecule has 0 bridgehead atoms. The molecule has 5 nitrogen and oxygen atoms in total. The fourth-order valence-electron chi connectivity index (χ4n) is 2.30. The predicted molar refractivity (Wildman–Crippen MR) is 84.3 cm³/mol. The Morgan fingerprint density at radius 3 is 2.09 bits per heavy atom. The molecule has 1 aromatic carbocycles. The van der Waals surface area contributed by atoms with E-state index in [0.717, 1.165) is 24.3 Å². The highest BCUT2D eigenvalue weighted by Crippen LogP contribution is 2.21. The van der Waals surface area contributed by atoms with E-state index in [0.29, 0.717) is 12.2 Å². The molecule has 0 aliphatic heterocycles. The minimum atomic E-state index is 0.0845. The summed E-state index contributed by atoms with van der Waals surface area (Å²) in [4.78, 5) is 10.8. The van der Waals surface area contributed by atoms with Crippen molar-refractivity contribution in [2.24, 2.45) is 0 Å². The summed E-state index contributed by atoms with van der Waals surface area (Å²) < 4.78 is 0. The lowest BCUT2D eigenvalue weighted by molar-refractivity contribution is 0.819. The monoisotopic (exact) mass is 291 g/mol. The minimum absolute atomic E-state index is 0.0845. The van der Waals surface area contributed by atoms with Crippen LogP contribution in [0.25, 0.3) is 0 Å². The number of benzene rings is 1. The second kappa shape index (κ2) is 7.19. The van der Waals surface area contributed by atoms with Gasteiger partial charge in [-0.15, -0.1) is 0 Å². The van der Waals surface area contributed by atoms with Gasteiger partial charge in [-0.05, 0) is 19.4 Å². The number of aromatic nitrogens is 2. The van der Waals surface area contributed by atoms with Gasteiger partial charge in [0, 0.05) is 19.5 Å². The first-order valence-corrected chi connectivity index (χ1v) is 7.23. The average Bonchev–Trinajstić information content (AvgIpc) is 2.57. The first kappa shape index (κ1) is 15.5. The summed E-state index contributed by atoms with van der Waals surface area (Å²) in [5, 5.41) is 18.3. The van der Waals surface area contributed by atoms with E-state index in [1.165, 1.54) is 0 Å². The van der Waals surface area contributed by atoms with Gasteiger partial charge in [-0.25, -0.2) is 9.97 Å². The predicted octanol–water partition coefficient (Wildman–Crippen LogP) is 2.66. The Labute approximate surface area is 130 Å². The van der Waals surface area contributed by atoms with E-state index in [1.54, 1.807) is 0 Å². The van der Waals surface area contributed by atoms with E-state index in [1.807, 2.05) is 61.2 Å². The molecule has 1 heterocycles. The lowest BCUT2D eigenvalue weighted by atomic mass is 10.1. The Balaban J connectivity index is 2.54. The Bertz CT molecular complexity index is 721. The van der Waals surface area contributed by atoms with Crippen molar-refractivity contribution in [3.8, 4) is 12.1 Å². The molecular formula is C17H17N5. The van der Waals surface area contributed by atoms with Gasteiger partial charge < -0.3 is 4.90 Å². The molecule has 0 N–H and O–H groups in total. The molecule has 0 saturated heterocycles. The van der Waals surface area contributed by atoms with Gasteiger partial charge in [0.15, 0.2) is 17.2 Å². The SMILES string of the molecule is CCN(CC)c1nc(C#N)c(C#N)nc1Cc1ccccc1. The van der Waals surface area contributed by atoms with Gasteiger partial charge in [-0.3, -0.25) is 0 Å². The smallest absolute Gasteiger partial charge is 0.179 e. The van der Waals surface area contributed by atoms with Crippen LogP contribution in [0.4, 0.5) is 5.82 Å². The Hall–Kier alpha value is -2.92. The molecule has 110 valence electrons. The fraction of sp³-hybridized carbons (Fsp3) is 0.294. The summed E-state index contributed by atoms with van der Waals surface area (Å²) in [6, 6.07) is 13.8. The maximum atomic E-state index is 9.17. The van der Waals surface area contributed by atoms with Crippen molar-refractivity contribution in [2.45, 2.75) is 20.3 Å². The molecule has 0 saturated carbocycles. The molecule has 2 rings (SSSR count). The van der Waals surface area contributed by atoms with Crippen LogP contribution in [0.1, 0.15) is 36.5 Å². The maximum Gasteiger partial charge on any atom is 0.179 e. The van der Waals surface area contributed by atoms with Crippen LogP contribution >= 0.6 is 0 Å². The van der Waals surface area contributed by atoms with Crippen LogP contribution in [0.3, 0.4) is 0 Å². The van der Waals surface area contributed by atoms with Crippen molar-refractivity contribution in [1.82, 2.24) is 9.97 Å². The van der Waals surface area contributed by atoms with Crippen LogP contribution in [0.2, 0.25) is 0 Å². The zero-order valence-electron chi connectivity index (χ0n) is 12.7. The van der Waals surface area contributed by atoms with E-state index in [9.17, 15) is 0 Å². The third-order valence-electron chi connectivity index (χ3n) is 3.44. The molecule has 1 aromatic heterocycles. The second-order valence-electron chi connectivity index (χ2n) is 4.75. The third-order valence-corrected chi connectivity index (χ3v) is 3.44. The van der Waals surface area contributed by atoms with Crippen molar-refractivity contribution >= 4 is 5.82 Å². The lowest BCUT2D eigenvalue weighted by Crippen LogP contribution is -2.26. The molecule has 22 heavy (non-hydrogen) atoms. The largest absolute Gasteiger partial charge is 0.356 e. The highest BCUT2D eigenvalue weighted by atomic mass is 15.2. The highest BCUT2D eigenvalue weighted by Gasteiger charge is 2.17. The number of hydrogen-bond donors (Lipinski definition) is 0. The molecule has 0 atom stereocenters. The lowest BCUT2D eigenvalue weighted by Gasteiger charge is -2.22. The van der Waals surface area contributed by atoms with Crippen LogP contribution in [0.5, 0.6) is 0 Å². The fourth-order valence-corrected chi connectivity index (χ4v) is 2.30. The zero-order chi connectivity index (χ0) is 15.9.